The number of benzene rings is 1. The summed E-state index contributed by atoms with van der Waals surface area (Å²) in [4.78, 5) is 1.20. The zero-order chi connectivity index (χ0) is 12.7. The Morgan fingerprint density at radius 1 is 1.35 bits per heavy atom. The lowest BCUT2D eigenvalue weighted by molar-refractivity contribution is 0.364. The van der Waals surface area contributed by atoms with Crippen LogP contribution in [0.25, 0.3) is 0 Å². The number of hydrazine groups is 1. The van der Waals surface area contributed by atoms with Crippen LogP contribution in [0.15, 0.2) is 29.2 Å². The van der Waals surface area contributed by atoms with Crippen LogP contribution in [0.5, 0.6) is 0 Å². The first-order valence-corrected chi connectivity index (χ1v) is 7.42. The molecule has 1 atom stereocenters. The summed E-state index contributed by atoms with van der Waals surface area (Å²) in [7, 11) is 0. The monoisotopic (exact) mass is 272 g/mol. The average Bonchev–Trinajstić information content (AvgIpc) is 2.34. The lowest BCUT2D eigenvalue weighted by atomic mass is 9.96. The van der Waals surface area contributed by atoms with Crippen molar-refractivity contribution in [3.63, 3.8) is 0 Å². The Balaban J connectivity index is 2.52. The first-order valence-electron chi connectivity index (χ1n) is 6.05. The van der Waals surface area contributed by atoms with Crippen molar-refractivity contribution >= 4 is 23.4 Å². The summed E-state index contributed by atoms with van der Waals surface area (Å²) in [6, 6.07) is 8.30. The van der Waals surface area contributed by atoms with Crippen molar-refractivity contribution < 1.29 is 0 Å². The van der Waals surface area contributed by atoms with E-state index in [1.165, 1.54) is 4.90 Å². The molecule has 0 amide bonds. The predicted octanol–water partition coefficient (Wildman–Crippen LogP) is 3.70. The topological polar surface area (TPSA) is 38.0 Å². The van der Waals surface area contributed by atoms with Gasteiger partial charge in [-0.05, 0) is 24.1 Å². The smallest absolute Gasteiger partial charge is 0.0417 e. The van der Waals surface area contributed by atoms with E-state index in [4.69, 9.17) is 17.4 Å². The molecule has 0 aromatic heterocycles. The highest BCUT2D eigenvalue weighted by Gasteiger charge is 2.17. The van der Waals surface area contributed by atoms with E-state index >= 15 is 0 Å². The van der Waals surface area contributed by atoms with E-state index in [2.05, 4.69) is 25.3 Å². The van der Waals surface area contributed by atoms with E-state index < -0.39 is 0 Å². The minimum atomic E-state index is 0.356. The van der Waals surface area contributed by atoms with Crippen molar-refractivity contribution in [3.8, 4) is 0 Å². The number of nitrogens with two attached hydrogens (primary N) is 1. The maximum atomic E-state index is 5.96. The number of hydrogen-bond acceptors (Lipinski definition) is 3. The minimum Gasteiger partial charge on any atom is -0.271 e. The van der Waals surface area contributed by atoms with Crippen LogP contribution in [-0.4, -0.2) is 11.8 Å². The fraction of sp³-hybridized carbons (Fsp3) is 0.538. The molecule has 0 radical (unpaired) electrons. The molecular weight excluding hydrogens is 252 g/mol. The van der Waals surface area contributed by atoms with E-state index in [1.807, 2.05) is 18.2 Å². The van der Waals surface area contributed by atoms with Gasteiger partial charge in [0.25, 0.3) is 0 Å². The summed E-state index contributed by atoms with van der Waals surface area (Å²) < 4.78 is 0. The van der Waals surface area contributed by atoms with Crippen molar-refractivity contribution in [2.45, 2.75) is 37.6 Å². The molecule has 17 heavy (non-hydrogen) atoms. The van der Waals surface area contributed by atoms with E-state index in [1.54, 1.807) is 11.8 Å². The van der Waals surface area contributed by atoms with Gasteiger partial charge in [0, 0.05) is 21.7 Å². The normalized spacial score (nSPS) is 13.0. The molecule has 0 spiro atoms. The van der Waals surface area contributed by atoms with Crippen LogP contribution in [0.1, 0.15) is 26.7 Å². The highest BCUT2D eigenvalue weighted by molar-refractivity contribution is 7.99. The summed E-state index contributed by atoms with van der Waals surface area (Å²) in [6.07, 6.45) is 2.31. The Labute approximate surface area is 113 Å². The molecule has 0 aliphatic heterocycles. The Morgan fingerprint density at radius 2 is 2.06 bits per heavy atom. The van der Waals surface area contributed by atoms with E-state index in [0.29, 0.717) is 12.0 Å². The number of thioether (sulfide) groups is 1. The Morgan fingerprint density at radius 3 is 2.59 bits per heavy atom. The maximum absolute atomic E-state index is 5.96. The lowest BCUT2D eigenvalue weighted by Gasteiger charge is -2.24. The van der Waals surface area contributed by atoms with Crippen molar-refractivity contribution in [1.82, 2.24) is 5.43 Å². The first kappa shape index (κ1) is 14.8. The van der Waals surface area contributed by atoms with Gasteiger partial charge in [-0.1, -0.05) is 44.4 Å². The van der Waals surface area contributed by atoms with Crippen LogP contribution in [-0.2, 0) is 0 Å². The third-order valence-electron chi connectivity index (χ3n) is 3.06. The number of nitrogens with one attached hydrogen (secondary N) is 1. The number of halogens is 1. The van der Waals surface area contributed by atoms with Crippen molar-refractivity contribution in [2.24, 2.45) is 11.8 Å². The molecule has 1 rings (SSSR count). The molecule has 0 fully saturated rings. The maximum Gasteiger partial charge on any atom is 0.0417 e. The summed E-state index contributed by atoms with van der Waals surface area (Å²) in [5, 5.41) is 0.787. The summed E-state index contributed by atoms with van der Waals surface area (Å²) in [6.45, 7) is 4.42. The highest BCUT2D eigenvalue weighted by atomic mass is 35.5. The van der Waals surface area contributed by atoms with E-state index in [9.17, 15) is 0 Å². The quantitative estimate of drug-likeness (QED) is 0.452. The molecule has 0 heterocycles. The van der Waals surface area contributed by atoms with Crippen molar-refractivity contribution in [3.05, 3.63) is 29.3 Å². The van der Waals surface area contributed by atoms with Gasteiger partial charge in [-0.2, -0.15) is 0 Å². The van der Waals surface area contributed by atoms with Gasteiger partial charge in [0.05, 0.1) is 0 Å². The van der Waals surface area contributed by atoms with Gasteiger partial charge in [-0.3, -0.25) is 11.3 Å². The van der Waals surface area contributed by atoms with Crippen LogP contribution in [0.3, 0.4) is 0 Å². The second kappa shape index (κ2) is 7.98. The van der Waals surface area contributed by atoms with Crippen LogP contribution in [0, 0.1) is 5.92 Å². The molecule has 2 nitrogen and oxygen atoms in total. The van der Waals surface area contributed by atoms with Crippen LogP contribution in [0.4, 0.5) is 0 Å². The molecule has 0 aliphatic rings. The molecule has 3 N–H and O–H groups in total. The van der Waals surface area contributed by atoms with Crippen molar-refractivity contribution in [1.29, 1.82) is 0 Å². The molecule has 0 bridgehead atoms. The zero-order valence-electron chi connectivity index (χ0n) is 10.4. The SMILES string of the molecule is CCC(CC)C(CSc1cccc(Cl)c1)NN. The van der Waals surface area contributed by atoms with E-state index in [-0.39, 0.29) is 0 Å². The fourth-order valence-corrected chi connectivity index (χ4v) is 3.30. The average molecular weight is 273 g/mol. The minimum absolute atomic E-state index is 0.356. The Hall–Kier alpha value is -0.220. The Bertz CT molecular complexity index is 329. The summed E-state index contributed by atoms with van der Waals surface area (Å²) >= 11 is 7.76. The van der Waals surface area contributed by atoms with Gasteiger partial charge in [-0.15, -0.1) is 11.8 Å². The van der Waals surface area contributed by atoms with Crippen LogP contribution < -0.4 is 11.3 Å². The van der Waals surface area contributed by atoms with Crippen molar-refractivity contribution in [2.75, 3.05) is 5.75 Å². The lowest BCUT2D eigenvalue weighted by Crippen LogP contribution is -2.42. The molecular formula is C13H21ClN2S. The van der Waals surface area contributed by atoms with Gasteiger partial charge < -0.3 is 0 Å². The third kappa shape index (κ3) is 4.88. The molecule has 4 heteroatoms. The highest BCUT2D eigenvalue weighted by Crippen LogP contribution is 2.25. The first-order chi connectivity index (χ1) is 8.21. The molecule has 0 saturated heterocycles. The van der Waals surface area contributed by atoms with Crippen LogP contribution >= 0.6 is 23.4 Å². The third-order valence-corrected chi connectivity index (χ3v) is 4.41. The van der Waals surface area contributed by atoms with Gasteiger partial charge in [0.2, 0.25) is 0 Å². The van der Waals surface area contributed by atoms with Gasteiger partial charge in [0.1, 0.15) is 0 Å². The molecule has 1 aromatic carbocycles. The molecule has 1 aromatic rings. The summed E-state index contributed by atoms with van der Waals surface area (Å²) in [5.41, 5.74) is 2.94. The van der Waals surface area contributed by atoms with Crippen LogP contribution in [0.2, 0.25) is 5.02 Å². The molecule has 1 unspecified atom stereocenters. The largest absolute Gasteiger partial charge is 0.271 e. The summed E-state index contributed by atoms with van der Waals surface area (Å²) in [5.74, 6) is 7.24. The molecule has 0 aliphatic carbocycles. The second-order valence-electron chi connectivity index (χ2n) is 4.12. The Kier molecular flexibility index (Phi) is 6.97. The number of rotatable bonds is 7. The zero-order valence-corrected chi connectivity index (χ0v) is 12.0. The van der Waals surface area contributed by atoms with Gasteiger partial charge in [0.15, 0.2) is 0 Å². The molecule has 96 valence electrons. The van der Waals surface area contributed by atoms with Gasteiger partial charge in [-0.25, -0.2) is 0 Å². The standard InChI is InChI=1S/C13H21ClN2S/c1-3-10(4-2)13(16-15)9-17-12-7-5-6-11(14)8-12/h5-8,10,13,16H,3-4,9,15H2,1-2H3. The van der Waals surface area contributed by atoms with E-state index in [0.717, 1.165) is 23.6 Å². The van der Waals surface area contributed by atoms with Gasteiger partial charge >= 0.3 is 0 Å². The second-order valence-corrected chi connectivity index (χ2v) is 5.65. The molecule has 0 saturated carbocycles. The number of hydrogen-bond donors (Lipinski definition) is 2. The fourth-order valence-electron chi connectivity index (χ4n) is 1.92. The predicted molar refractivity (Wildman–Crippen MR) is 77.4 cm³/mol.